The van der Waals surface area contributed by atoms with Crippen molar-refractivity contribution < 1.29 is 9.13 Å². The highest BCUT2D eigenvalue weighted by Gasteiger charge is 2.20. The van der Waals surface area contributed by atoms with Crippen molar-refractivity contribution in [1.29, 1.82) is 0 Å². The molecule has 2 heterocycles. The van der Waals surface area contributed by atoms with Crippen LogP contribution < -0.4 is 4.74 Å². The molecule has 0 amide bonds. The second-order valence-corrected chi connectivity index (χ2v) is 4.07. The van der Waals surface area contributed by atoms with Gasteiger partial charge in [0.1, 0.15) is 11.4 Å². The van der Waals surface area contributed by atoms with E-state index in [-0.39, 0.29) is 11.0 Å². The van der Waals surface area contributed by atoms with Crippen LogP contribution in [0.3, 0.4) is 0 Å². The molecular weight excluding hydrogens is 243 g/mol. The average molecular weight is 251 g/mol. The van der Waals surface area contributed by atoms with Crippen LogP contribution in [0.2, 0.25) is 5.28 Å². The van der Waals surface area contributed by atoms with Crippen LogP contribution in [0, 0.1) is 5.82 Å². The number of benzene rings is 1. The molecule has 0 saturated carbocycles. The van der Waals surface area contributed by atoms with Gasteiger partial charge in [0.25, 0.3) is 0 Å². The first-order valence-corrected chi connectivity index (χ1v) is 5.56. The minimum Gasteiger partial charge on any atom is -0.492 e. The Kier molecular flexibility index (Phi) is 2.44. The molecule has 86 valence electrons. The predicted molar refractivity (Wildman–Crippen MR) is 61.6 cm³/mol. The molecule has 0 spiro atoms. The van der Waals surface area contributed by atoms with E-state index in [9.17, 15) is 4.39 Å². The molecule has 0 atom stereocenters. The fourth-order valence-electron chi connectivity index (χ4n) is 1.94. The lowest BCUT2D eigenvalue weighted by molar-refractivity contribution is 0.357. The number of nitrogens with zero attached hydrogens (tertiary/aromatic N) is 2. The van der Waals surface area contributed by atoms with Gasteiger partial charge in [0.2, 0.25) is 5.28 Å². The Morgan fingerprint density at radius 2 is 2.24 bits per heavy atom. The van der Waals surface area contributed by atoms with E-state index in [1.165, 1.54) is 0 Å². The van der Waals surface area contributed by atoms with E-state index < -0.39 is 5.82 Å². The largest absolute Gasteiger partial charge is 0.492 e. The number of rotatable bonds is 1. The molecule has 1 aliphatic rings. The Hall–Kier alpha value is -1.68. The van der Waals surface area contributed by atoms with Gasteiger partial charge in [-0.15, -0.1) is 0 Å². The lowest BCUT2D eigenvalue weighted by Gasteiger charge is -2.07. The van der Waals surface area contributed by atoms with Gasteiger partial charge in [0, 0.05) is 12.0 Å². The van der Waals surface area contributed by atoms with Gasteiger partial charge in [0.05, 0.1) is 12.8 Å². The topological polar surface area (TPSA) is 35.0 Å². The molecule has 0 saturated heterocycles. The lowest BCUT2D eigenvalue weighted by atomic mass is 10.1. The molecule has 0 radical (unpaired) electrons. The number of aromatic nitrogens is 2. The van der Waals surface area contributed by atoms with Crippen molar-refractivity contribution >= 4 is 11.6 Å². The van der Waals surface area contributed by atoms with Gasteiger partial charge in [-0.25, -0.2) is 14.4 Å². The molecule has 1 aromatic carbocycles. The zero-order chi connectivity index (χ0) is 11.8. The minimum atomic E-state index is -0.502. The number of hydrogen-bond acceptors (Lipinski definition) is 3. The zero-order valence-electron chi connectivity index (χ0n) is 8.78. The number of hydrogen-bond donors (Lipinski definition) is 0. The third-order valence-corrected chi connectivity index (χ3v) is 2.87. The SMILES string of the molecule is Fc1cnc(Cl)nc1-c1cccc2c1OCC2. The summed E-state index contributed by atoms with van der Waals surface area (Å²) in [6, 6.07) is 5.59. The second kappa shape index (κ2) is 3.96. The van der Waals surface area contributed by atoms with E-state index >= 15 is 0 Å². The summed E-state index contributed by atoms with van der Waals surface area (Å²) in [5.41, 5.74) is 1.88. The first-order valence-electron chi connectivity index (χ1n) is 5.19. The van der Waals surface area contributed by atoms with Crippen LogP contribution in [0.15, 0.2) is 24.4 Å². The first kappa shape index (κ1) is 10.5. The Morgan fingerprint density at radius 3 is 3.12 bits per heavy atom. The summed E-state index contributed by atoms with van der Waals surface area (Å²) in [6.45, 7) is 0.618. The Bertz CT molecular complexity index is 589. The standard InChI is InChI=1S/C12H8ClFN2O/c13-12-15-6-9(14)10(16-12)8-3-1-2-7-4-5-17-11(7)8/h1-3,6H,4-5H2. The van der Waals surface area contributed by atoms with Crippen molar-refractivity contribution in [2.45, 2.75) is 6.42 Å². The third-order valence-electron chi connectivity index (χ3n) is 2.68. The van der Waals surface area contributed by atoms with Crippen LogP contribution in [0.25, 0.3) is 11.3 Å². The van der Waals surface area contributed by atoms with E-state index in [2.05, 4.69) is 9.97 Å². The van der Waals surface area contributed by atoms with Gasteiger partial charge < -0.3 is 4.74 Å². The van der Waals surface area contributed by atoms with E-state index in [1.807, 2.05) is 12.1 Å². The van der Waals surface area contributed by atoms with Gasteiger partial charge >= 0.3 is 0 Å². The summed E-state index contributed by atoms with van der Waals surface area (Å²) in [6.07, 6.45) is 1.91. The van der Waals surface area contributed by atoms with Crippen molar-refractivity contribution in [1.82, 2.24) is 9.97 Å². The summed E-state index contributed by atoms with van der Waals surface area (Å²) < 4.78 is 19.2. The highest BCUT2D eigenvalue weighted by Crippen LogP contribution is 2.36. The Morgan fingerprint density at radius 1 is 1.35 bits per heavy atom. The van der Waals surface area contributed by atoms with E-state index in [4.69, 9.17) is 16.3 Å². The molecule has 17 heavy (non-hydrogen) atoms. The molecule has 0 bridgehead atoms. The molecule has 0 aliphatic carbocycles. The zero-order valence-corrected chi connectivity index (χ0v) is 9.54. The first-order chi connectivity index (χ1) is 8.25. The van der Waals surface area contributed by atoms with E-state index in [1.54, 1.807) is 6.07 Å². The van der Waals surface area contributed by atoms with E-state index in [0.717, 1.165) is 18.2 Å². The van der Waals surface area contributed by atoms with Crippen molar-refractivity contribution in [3.63, 3.8) is 0 Å². The van der Waals surface area contributed by atoms with Gasteiger partial charge in [-0.3, -0.25) is 0 Å². The van der Waals surface area contributed by atoms with Gasteiger partial charge in [-0.1, -0.05) is 12.1 Å². The van der Waals surface area contributed by atoms with Crippen molar-refractivity contribution in [2.24, 2.45) is 0 Å². The smallest absolute Gasteiger partial charge is 0.223 e. The van der Waals surface area contributed by atoms with Crippen LogP contribution in [-0.4, -0.2) is 16.6 Å². The Balaban J connectivity index is 2.22. The van der Waals surface area contributed by atoms with Crippen molar-refractivity contribution in [3.05, 3.63) is 41.1 Å². The third kappa shape index (κ3) is 1.74. The molecule has 2 aromatic rings. The summed E-state index contributed by atoms with van der Waals surface area (Å²) in [5, 5.41) is 0.0250. The number of fused-ring (bicyclic) bond motifs is 1. The van der Waals surface area contributed by atoms with Crippen molar-refractivity contribution in [2.75, 3.05) is 6.61 Å². The average Bonchev–Trinajstić information content (AvgIpc) is 2.80. The molecule has 0 fully saturated rings. The fraction of sp³-hybridized carbons (Fsp3) is 0.167. The maximum atomic E-state index is 13.7. The number of para-hydroxylation sites is 1. The number of ether oxygens (including phenoxy) is 1. The molecule has 1 aliphatic heterocycles. The summed E-state index contributed by atoms with van der Waals surface area (Å²) in [4.78, 5) is 7.52. The van der Waals surface area contributed by atoms with Crippen LogP contribution in [0.4, 0.5) is 4.39 Å². The van der Waals surface area contributed by atoms with Crippen molar-refractivity contribution in [3.8, 4) is 17.0 Å². The fourth-order valence-corrected chi connectivity index (χ4v) is 2.07. The van der Waals surface area contributed by atoms with Crippen LogP contribution in [-0.2, 0) is 6.42 Å². The summed E-state index contributed by atoms with van der Waals surface area (Å²) >= 11 is 5.69. The van der Waals surface area contributed by atoms with Gasteiger partial charge in [0.15, 0.2) is 5.82 Å². The molecule has 0 unspecified atom stereocenters. The number of halogens is 2. The second-order valence-electron chi connectivity index (χ2n) is 3.73. The molecule has 5 heteroatoms. The molecule has 3 nitrogen and oxygen atoms in total. The highest BCUT2D eigenvalue weighted by atomic mass is 35.5. The molecule has 3 rings (SSSR count). The normalized spacial score (nSPS) is 13.3. The highest BCUT2D eigenvalue weighted by molar-refractivity contribution is 6.28. The monoisotopic (exact) mass is 250 g/mol. The molecule has 0 N–H and O–H groups in total. The summed E-state index contributed by atoms with van der Waals surface area (Å²) in [7, 11) is 0. The Labute approximate surface area is 102 Å². The van der Waals surface area contributed by atoms with Crippen LogP contribution in [0.5, 0.6) is 5.75 Å². The predicted octanol–water partition coefficient (Wildman–Crippen LogP) is 2.87. The lowest BCUT2D eigenvalue weighted by Crippen LogP contribution is -1.95. The molecular formula is C12H8ClFN2O. The van der Waals surface area contributed by atoms with E-state index in [0.29, 0.717) is 17.9 Å². The van der Waals surface area contributed by atoms with Gasteiger partial charge in [-0.2, -0.15) is 0 Å². The minimum absolute atomic E-state index is 0.0250. The summed E-state index contributed by atoms with van der Waals surface area (Å²) in [5.74, 6) is 0.194. The maximum absolute atomic E-state index is 13.7. The quantitative estimate of drug-likeness (QED) is 0.730. The maximum Gasteiger partial charge on any atom is 0.223 e. The molecule has 1 aromatic heterocycles. The van der Waals surface area contributed by atoms with Crippen LogP contribution in [0.1, 0.15) is 5.56 Å². The van der Waals surface area contributed by atoms with Crippen LogP contribution >= 0.6 is 11.6 Å². The van der Waals surface area contributed by atoms with Gasteiger partial charge in [-0.05, 0) is 23.2 Å².